The van der Waals surface area contributed by atoms with E-state index in [4.69, 9.17) is 4.74 Å². The Kier molecular flexibility index (Phi) is 5.19. The zero-order valence-corrected chi connectivity index (χ0v) is 16.0. The number of halogens is 3. The fraction of sp³-hybridized carbons (Fsp3) is 0.158. The van der Waals surface area contributed by atoms with Gasteiger partial charge in [-0.3, -0.25) is 0 Å². The van der Waals surface area contributed by atoms with Gasteiger partial charge in [-0.2, -0.15) is 23.0 Å². The van der Waals surface area contributed by atoms with E-state index in [0.29, 0.717) is 23.4 Å². The number of para-hydroxylation sites is 1. The van der Waals surface area contributed by atoms with Gasteiger partial charge in [-0.1, -0.05) is 18.2 Å². The second-order valence-electron chi connectivity index (χ2n) is 6.38. The van der Waals surface area contributed by atoms with Gasteiger partial charge in [-0.05, 0) is 41.6 Å². The van der Waals surface area contributed by atoms with Gasteiger partial charge in [0, 0.05) is 6.20 Å². The molecule has 0 amide bonds. The van der Waals surface area contributed by atoms with Crippen molar-refractivity contribution in [2.24, 2.45) is 0 Å². The standard InChI is InChI=1S/C19H14F3N7O2/c1-12-15(10-24-28(12)16-8-7-13(9-23-16)19(20,21)22)18(30)31-11-17-25-26-27-29(17)14-5-3-2-4-6-14/h2-10H,11H2,1H3. The SMILES string of the molecule is Cc1c(C(=O)OCc2nnnn2-c2ccccc2)cnn1-c1ccc(C(F)(F)F)cn1. The molecule has 0 bridgehead atoms. The topological polar surface area (TPSA) is 101 Å². The molecule has 1 aromatic carbocycles. The van der Waals surface area contributed by atoms with Crippen LogP contribution in [0.15, 0.2) is 54.9 Å². The van der Waals surface area contributed by atoms with Crippen LogP contribution in [0.25, 0.3) is 11.5 Å². The summed E-state index contributed by atoms with van der Waals surface area (Å²) in [5.74, 6) is -0.232. The number of carbonyl (C=O) groups excluding carboxylic acids is 1. The fourth-order valence-corrected chi connectivity index (χ4v) is 2.79. The Morgan fingerprint density at radius 2 is 1.84 bits per heavy atom. The van der Waals surface area contributed by atoms with Crippen LogP contribution in [-0.4, -0.2) is 40.9 Å². The summed E-state index contributed by atoms with van der Waals surface area (Å²) in [7, 11) is 0. The van der Waals surface area contributed by atoms with Crippen molar-refractivity contribution in [2.75, 3.05) is 0 Å². The minimum Gasteiger partial charge on any atom is -0.454 e. The third-order valence-corrected chi connectivity index (χ3v) is 4.39. The van der Waals surface area contributed by atoms with Crippen LogP contribution in [0.4, 0.5) is 13.2 Å². The molecule has 3 aromatic heterocycles. The van der Waals surface area contributed by atoms with Crippen LogP contribution < -0.4 is 0 Å². The van der Waals surface area contributed by atoms with E-state index in [2.05, 4.69) is 25.6 Å². The molecule has 9 nitrogen and oxygen atoms in total. The number of ether oxygens (including phenoxy) is 1. The molecule has 0 radical (unpaired) electrons. The van der Waals surface area contributed by atoms with E-state index in [9.17, 15) is 18.0 Å². The number of nitrogens with zero attached hydrogens (tertiary/aromatic N) is 7. The molecule has 0 aliphatic rings. The van der Waals surface area contributed by atoms with Crippen LogP contribution in [0.1, 0.15) is 27.4 Å². The summed E-state index contributed by atoms with van der Waals surface area (Å²) in [4.78, 5) is 16.3. The summed E-state index contributed by atoms with van der Waals surface area (Å²) in [5, 5.41) is 15.4. The molecule has 0 aliphatic carbocycles. The third-order valence-electron chi connectivity index (χ3n) is 4.39. The molecular weight excluding hydrogens is 415 g/mol. The van der Waals surface area contributed by atoms with E-state index in [1.165, 1.54) is 21.6 Å². The quantitative estimate of drug-likeness (QED) is 0.450. The van der Waals surface area contributed by atoms with Gasteiger partial charge < -0.3 is 4.74 Å². The van der Waals surface area contributed by atoms with Gasteiger partial charge >= 0.3 is 12.1 Å². The minimum atomic E-state index is -4.49. The smallest absolute Gasteiger partial charge is 0.417 e. The first-order valence-corrected chi connectivity index (χ1v) is 8.92. The van der Waals surface area contributed by atoms with Crippen LogP contribution in [-0.2, 0) is 17.5 Å². The molecule has 31 heavy (non-hydrogen) atoms. The molecule has 0 aliphatic heterocycles. The Labute approximate surface area is 173 Å². The van der Waals surface area contributed by atoms with E-state index >= 15 is 0 Å². The molecule has 0 saturated heterocycles. The van der Waals surface area contributed by atoms with Crippen molar-refractivity contribution in [3.05, 3.63) is 77.5 Å². The van der Waals surface area contributed by atoms with Crippen molar-refractivity contribution in [3.63, 3.8) is 0 Å². The zero-order valence-electron chi connectivity index (χ0n) is 16.0. The van der Waals surface area contributed by atoms with E-state index < -0.39 is 17.7 Å². The summed E-state index contributed by atoms with van der Waals surface area (Å²) in [6.45, 7) is 1.39. The summed E-state index contributed by atoms with van der Waals surface area (Å²) >= 11 is 0. The first-order chi connectivity index (χ1) is 14.8. The molecule has 0 N–H and O–H groups in total. The molecule has 0 atom stereocenters. The first-order valence-electron chi connectivity index (χ1n) is 8.92. The summed E-state index contributed by atoms with van der Waals surface area (Å²) < 4.78 is 46.1. The van der Waals surface area contributed by atoms with Crippen molar-refractivity contribution in [1.29, 1.82) is 0 Å². The minimum absolute atomic E-state index is 0.137. The molecule has 3 heterocycles. The average molecular weight is 429 g/mol. The lowest BCUT2D eigenvalue weighted by molar-refractivity contribution is -0.137. The van der Waals surface area contributed by atoms with E-state index in [1.54, 1.807) is 19.1 Å². The number of benzene rings is 1. The number of hydrogen-bond acceptors (Lipinski definition) is 7. The molecule has 12 heteroatoms. The lowest BCUT2D eigenvalue weighted by atomic mass is 10.2. The average Bonchev–Trinajstić information content (AvgIpc) is 3.39. The highest BCUT2D eigenvalue weighted by molar-refractivity contribution is 5.90. The lowest BCUT2D eigenvalue weighted by Gasteiger charge is -2.08. The van der Waals surface area contributed by atoms with E-state index in [1.807, 2.05) is 18.2 Å². The Morgan fingerprint density at radius 1 is 1.06 bits per heavy atom. The number of alkyl halides is 3. The van der Waals surface area contributed by atoms with Gasteiger partial charge in [0.2, 0.25) is 0 Å². The number of tetrazole rings is 1. The van der Waals surface area contributed by atoms with Crippen LogP contribution in [0.5, 0.6) is 0 Å². The predicted octanol–water partition coefficient (Wildman–Crippen LogP) is 2.93. The van der Waals surface area contributed by atoms with E-state index in [0.717, 1.165) is 6.07 Å². The van der Waals surface area contributed by atoms with Gasteiger partial charge in [0.1, 0.15) is 5.56 Å². The summed E-state index contributed by atoms with van der Waals surface area (Å²) in [6.07, 6.45) is -2.52. The van der Waals surface area contributed by atoms with Crippen molar-refractivity contribution in [1.82, 2.24) is 35.0 Å². The number of carbonyl (C=O) groups is 1. The fourth-order valence-electron chi connectivity index (χ4n) is 2.79. The van der Waals surface area contributed by atoms with Crippen molar-refractivity contribution < 1.29 is 22.7 Å². The first kappa shape index (κ1) is 20.2. The van der Waals surface area contributed by atoms with Gasteiger partial charge in [-0.15, -0.1) is 5.10 Å². The maximum absolute atomic E-state index is 12.7. The molecular formula is C19H14F3N7O2. The second-order valence-corrected chi connectivity index (χ2v) is 6.38. The van der Waals surface area contributed by atoms with Crippen LogP contribution >= 0.6 is 0 Å². The number of rotatable bonds is 5. The Morgan fingerprint density at radius 3 is 2.52 bits per heavy atom. The molecule has 4 rings (SSSR count). The second kappa shape index (κ2) is 7.97. The monoisotopic (exact) mass is 429 g/mol. The van der Waals surface area contributed by atoms with Crippen molar-refractivity contribution in [3.8, 4) is 11.5 Å². The van der Waals surface area contributed by atoms with Crippen molar-refractivity contribution in [2.45, 2.75) is 19.7 Å². The Hall–Kier alpha value is -4.09. The number of pyridine rings is 1. The third kappa shape index (κ3) is 4.13. The highest BCUT2D eigenvalue weighted by Gasteiger charge is 2.31. The molecule has 0 saturated carbocycles. The van der Waals surface area contributed by atoms with Crippen molar-refractivity contribution >= 4 is 5.97 Å². The Balaban J connectivity index is 1.49. The number of hydrogen-bond donors (Lipinski definition) is 0. The normalized spacial score (nSPS) is 11.5. The summed E-state index contributed by atoms with van der Waals surface area (Å²) in [6, 6.07) is 11.1. The van der Waals surface area contributed by atoms with Gasteiger partial charge in [-0.25, -0.2) is 14.5 Å². The largest absolute Gasteiger partial charge is 0.454 e. The maximum Gasteiger partial charge on any atom is 0.417 e. The van der Waals surface area contributed by atoms with Crippen LogP contribution in [0, 0.1) is 6.92 Å². The lowest BCUT2D eigenvalue weighted by Crippen LogP contribution is -2.11. The summed E-state index contributed by atoms with van der Waals surface area (Å²) in [5.41, 5.74) is 0.327. The molecule has 0 unspecified atom stereocenters. The van der Waals surface area contributed by atoms with Crippen LogP contribution in [0.3, 0.4) is 0 Å². The maximum atomic E-state index is 12.7. The number of esters is 1. The van der Waals surface area contributed by atoms with Gasteiger partial charge in [0.05, 0.1) is 23.1 Å². The van der Waals surface area contributed by atoms with Gasteiger partial charge in [0.15, 0.2) is 18.2 Å². The highest BCUT2D eigenvalue weighted by Crippen LogP contribution is 2.28. The Bertz CT molecular complexity index is 1200. The molecule has 0 spiro atoms. The molecule has 0 fully saturated rings. The predicted molar refractivity (Wildman–Crippen MR) is 99.4 cm³/mol. The van der Waals surface area contributed by atoms with Gasteiger partial charge in [0.25, 0.3) is 0 Å². The van der Waals surface area contributed by atoms with Crippen LogP contribution in [0.2, 0.25) is 0 Å². The van der Waals surface area contributed by atoms with E-state index in [-0.39, 0.29) is 18.0 Å². The highest BCUT2D eigenvalue weighted by atomic mass is 19.4. The molecule has 4 aromatic rings. The number of aromatic nitrogens is 7. The zero-order chi connectivity index (χ0) is 22.0. The molecule has 158 valence electrons.